The Kier molecular flexibility index (Phi) is 33.3. The van der Waals surface area contributed by atoms with Gasteiger partial charge in [-0.1, -0.05) is 145 Å². The standard InChI is InChI=1S/2C16H35O3P.Fe/c2*1-5-8-10-11-12-15(4)20(17,18)19-14-16(7-3)13-9-6-2;/h2*15-16H,5-14H2,1-4H3,(H,17,18);/q;;+2/p-2. The Morgan fingerprint density at radius 2 is 0.829 bits per heavy atom. The van der Waals surface area contributed by atoms with Crippen molar-refractivity contribution >= 4 is 15.2 Å². The van der Waals surface area contributed by atoms with Crippen molar-refractivity contribution in [3.05, 3.63) is 0 Å². The van der Waals surface area contributed by atoms with E-state index in [1.165, 1.54) is 25.7 Å². The van der Waals surface area contributed by atoms with Gasteiger partial charge >= 0.3 is 17.1 Å². The molecule has 0 aliphatic rings. The number of rotatable bonds is 26. The van der Waals surface area contributed by atoms with Gasteiger partial charge in [0.05, 0.1) is 13.2 Å². The molecule has 0 saturated heterocycles. The topological polar surface area (TPSA) is 98.7 Å². The van der Waals surface area contributed by atoms with Crippen molar-refractivity contribution in [3.63, 3.8) is 0 Å². The Bertz CT molecular complexity index is 598. The van der Waals surface area contributed by atoms with Gasteiger partial charge in [0.2, 0.25) is 0 Å². The second-order valence-electron chi connectivity index (χ2n) is 11.9. The molecule has 0 aliphatic heterocycles. The monoisotopic (exact) mass is 666 g/mol. The van der Waals surface area contributed by atoms with Gasteiger partial charge in [0.1, 0.15) is 15.2 Å². The predicted octanol–water partition coefficient (Wildman–Crippen LogP) is 10.3. The molecule has 0 aromatic carbocycles. The van der Waals surface area contributed by atoms with Crippen LogP contribution in [0.15, 0.2) is 0 Å². The molecule has 6 unspecified atom stereocenters. The summed E-state index contributed by atoms with van der Waals surface area (Å²) < 4.78 is 34.8. The molecule has 0 heterocycles. The van der Waals surface area contributed by atoms with Crippen LogP contribution >= 0.6 is 15.2 Å². The minimum absolute atomic E-state index is 0. The van der Waals surface area contributed by atoms with Gasteiger partial charge < -0.3 is 28.0 Å². The summed E-state index contributed by atoms with van der Waals surface area (Å²) in [6, 6.07) is 0. The van der Waals surface area contributed by atoms with Crippen LogP contribution in [0.4, 0.5) is 0 Å². The van der Waals surface area contributed by atoms with Gasteiger partial charge in [0, 0.05) is 11.3 Å². The SMILES string of the molecule is CCCCCCC(C)P(=O)([O-])OCC(CC)CCCC.CCCCCCC(C)P(=O)([O-])OCC(CC)CCCC.[Fe+2]. The van der Waals surface area contributed by atoms with E-state index in [0.29, 0.717) is 25.0 Å². The van der Waals surface area contributed by atoms with Crippen LogP contribution in [0.25, 0.3) is 0 Å². The Hall–Kier alpha value is 0.819. The Morgan fingerprint density at radius 3 is 1.10 bits per heavy atom. The van der Waals surface area contributed by atoms with Crippen LogP contribution in [0, 0.1) is 11.8 Å². The number of hydrogen-bond donors (Lipinski definition) is 0. The molecule has 0 N–H and O–H groups in total. The molecule has 6 nitrogen and oxygen atoms in total. The molecule has 9 heteroatoms. The maximum absolute atomic E-state index is 12.1. The molecule has 0 aromatic rings. The van der Waals surface area contributed by atoms with Crippen LogP contribution in [0.5, 0.6) is 0 Å². The minimum Gasteiger partial charge on any atom is -0.778 e. The molecule has 0 aliphatic carbocycles. The molecule has 0 bridgehead atoms. The molecular formula is C32H68FeO6P2. The molecule has 0 fully saturated rings. The molecule has 250 valence electrons. The molecule has 6 atom stereocenters. The van der Waals surface area contributed by atoms with Gasteiger partial charge in [-0.2, -0.15) is 0 Å². The Labute approximate surface area is 266 Å². The van der Waals surface area contributed by atoms with E-state index < -0.39 is 15.2 Å². The maximum Gasteiger partial charge on any atom is 2.00 e. The fraction of sp³-hybridized carbons (Fsp3) is 1.00. The van der Waals surface area contributed by atoms with Crippen LogP contribution in [0.3, 0.4) is 0 Å². The summed E-state index contributed by atoms with van der Waals surface area (Å²) in [6.45, 7) is 17.2. The van der Waals surface area contributed by atoms with E-state index in [1.807, 2.05) is 0 Å². The summed E-state index contributed by atoms with van der Waals surface area (Å²) in [5, 5.41) is 0. The van der Waals surface area contributed by atoms with E-state index in [2.05, 4.69) is 41.5 Å². The van der Waals surface area contributed by atoms with E-state index >= 15 is 0 Å². The first kappa shape index (κ1) is 46.2. The fourth-order valence-corrected chi connectivity index (χ4v) is 6.86. The summed E-state index contributed by atoms with van der Waals surface area (Å²) >= 11 is 0. The zero-order valence-electron chi connectivity index (χ0n) is 28.1. The molecule has 41 heavy (non-hydrogen) atoms. The third-order valence-corrected chi connectivity index (χ3v) is 11.8. The van der Waals surface area contributed by atoms with Gasteiger partial charge in [-0.25, -0.2) is 0 Å². The number of unbranched alkanes of at least 4 members (excludes halogenated alkanes) is 8. The quantitative estimate of drug-likeness (QED) is 0.0518. The van der Waals surface area contributed by atoms with E-state index in [4.69, 9.17) is 9.05 Å². The van der Waals surface area contributed by atoms with E-state index in [0.717, 1.165) is 89.9 Å². The average Bonchev–Trinajstić information content (AvgIpc) is 2.93. The molecule has 0 radical (unpaired) electrons. The van der Waals surface area contributed by atoms with Gasteiger partial charge in [0.15, 0.2) is 0 Å². The van der Waals surface area contributed by atoms with Gasteiger partial charge in [-0.15, -0.1) is 0 Å². The van der Waals surface area contributed by atoms with Crippen molar-refractivity contribution in [2.75, 3.05) is 13.2 Å². The van der Waals surface area contributed by atoms with E-state index in [-0.39, 0.29) is 28.4 Å². The molecule has 0 saturated carbocycles. The van der Waals surface area contributed by atoms with Gasteiger partial charge in [-0.05, 0) is 37.5 Å². The van der Waals surface area contributed by atoms with Crippen LogP contribution in [-0.2, 0) is 35.2 Å². The predicted molar refractivity (Wildman–Crippen MR) is 170 cm³/mol. The first-order valence-electron chi connectivity index (χ1n) is 16.9. The summed E-state index contributed by atoms with van der Waals surface area (Å²) in [6.07, 6.45) is 19.1. The summed E-state index contributed by atoms with van der Waals surface area (Å²) in [5.41, 5.74) is -0.689. The van der Waals surface area contributed by atoms with Crippen molar-refractivity contribution in [2.24, 2.45) is 11.8 Å². The zero-order valence-corrected chi connectivity index (χ0v) is 31.0. The van der Waals surface area contributed by atoms with Crippen LogP contribution < -0.4 is 9.79 Å². The largest absolute Gasteiger partial charge is 2.00 e. The van der Waals surface area contributed by atoms with Crippen LogP contribution in [0.1, 0.15) is 171 Å². The summed E-state index contributed by atoms with van der Waals surface area (Å²) in [5.74, 6) is 0.758. The second-order valence-corrected chi connectivity index (χ2v) is 16.3. The first-order valence-corrected chi connectivity index (χ1v) is 20.1. The van der Waals surface area contributed by atoms with Crippen molar-refractivity contribution in [1.82, 2.24) is 0 Å². The molecule has 0 aromatic heterocycles. The first-order chi connectivity index (χ1) is 18.9. The van der Waals surface area contributed by atoms with Gasteiger partial charge in [0.25, 0.3) is 0 Å². The van der Waals surface area contributed by atoms with Gasteiger partial charge in [-0.3, -0.25) is 0 Å². The third-order valence-electron chi connectivity index (χ3n) is 8.10. The normalized spacial score (nSPS) is 17.2. The smallest absolute Gasteiger partial charge is 0.778 e. The zero-order chi connectivity index (χ0) is 30.9. The Morgan fingerprint density at radius 1 is 0.512 bits per heavy atom. The maximum atomic E-state index is 12.1. The van der Waals surface area contributed by atoms with Crippen molar-refractivity contribution < 1.29 is 45.0 Å². The van der Waals surface area contributed by atoms with Crippen LogP contribution in [0.2, 0.25) is 0 Å². The third kappa shape index (κ3) is 25.8. The van der Waals surface area contributed by atoms with Crippen molar-refractivity contribution in [1.29, 1.82) is 0 Å². The van der Waals surface area contributed by atoms with E-state index in [9.17, 15) is 18.9 Å². The summed E-state index contributed by atoms with van der Waals surface area (Å²) in [7, 11) is -7.36. The molecule has 0 amide bonds. The fourth-order valence-electron chi connectivity index (χ4n) is 4.52. The molecule has 0 rings (SSSR count). The molecule has 0 spiro atoms. The average molecular weight is 667 g/mol. The number of hydrogen-bond acceptors (Lipinski definition) is 6. The van der Waals surface area contributed by atoms with Crippen molar-refractivity contribution in [3.8, 4) is 0 Å². The van der Waals surface area contributed by atoms with Crippen LogP contribution in [-0.4, -0.2) is 24.5 Å². The second kappa shape index (κ2) is 29.5. The summed E-state index contributed by atoms with van der Waals surface area (Å²) in [4.78, 5) is 24.2. The minimum atomic E-state index is -3.68. The molecular weight excluding hydrogens is 598 g/mol. The van der Waals surface area contributed by atoms with Crippen molar-refractivity contribution in [2.45, 2.75) is 182 Å². The van der Waals surface area contributed by atoms with E-state index in [1.54, 1.807) is 13.8 Å². The Balaban J connectivity index is -0.000000688.